The fraction of sp³-hybridized carbons (Fsp3) is 0.241. The van der Waals surface area contributed by atoms with Crippen LogP contribution in [0.2, 0.25) is 0 Å². The zero-order chi connectivity index (χ0) is 22.8. The Morgan fingerprint density at radius 2 is 1.21 bits per heavy atom. The van der Waals surface area contributed by atoms with Crippen molar-refractivity contribution in [2.24, 2.45) is 0 Å². The minimum Gasteiger partial charge on any atom is -0.748 e. The van der Waals surface area contributed by atoms with Gasteiger partial charge in [0.25, 0.3) is 0 Å². The fourth-order valence-electron chi connectivity index (χ4n) is 4.00. The van der Waals surface area contributed by atoms with Crippen LogP contribution in [0.25, 0.3) is 0 Å². The Balaban J connectivity index is 0.000000568. The van der Waals surface area contributed by atoms with Gasteiger partial charge in [0, 0.05) is 17.1 Å². The molecule has 4 aromatic carbocycles. The van der Waals surface area contributed by atoms with Gasteiger partial charge in [-0.1, -0.05) is 81.4 Å². The summed E-state index contributed by atoms with van der Waals surface area (Å²) in [6, 6.07) is 39.4. The monoisotopic (exact) mass is 515 g/mol. The maximum Gasteiger partial charge on any atom is 0 e. The number of hydrogen-bond acceptors (Lipinski definition) is 1. The standard InChI is InChI=1S/C24H30NP2.C5H5.Fe/c1-5-26(6-2)25(4)20(3)23-18-13-19-24(23)27(21-14-9-7-10-15-21)22-16-11-8-12-17-22;1-2-4-5-3-1;/h7-20H,5-6H2,1-4H3;1-5H;/q-1;-5;/t20-;;/m1../s1. The zero-order valence-corrected chi connectivity index (χ0v) is 23.0. The summed E-state index contributed by atoms with van der Waals surface area (Å²) in [4.78, 5) is 0. The molecule has 180 valence electrons. The Labute approximate surface area is 214 Å². The molecule has 1 atom stereocenters. The van der Waals surface area contributed by atoms with Crippen molar-refractivity contribution < 1.29 is 17.1 Å². The molecule has 0 unspecified atom stereocenters. The molecule has 33 heavy (non-hydrogen) atoms. The van der Waals surface area contributed by atoms with E-state index in [2.05, 4.69) is 111 Å². The van der Waals surface area contributed by atoms with Gasteiger partial charge in [0.1, 0.15) is 0 Å². The van der Waals surface area contributed by atoms with Crippen molar-refractivity contribution in [3.05, 3.63) is 115 Å². The predicted molar refractivity (Wildman–Crippen MR) is 147 cm³/mol. The molecular weight excluding hydrogens is 480 g/mol. The van der Waals surface area contributed by atoms with Crippen molar-refractivity contribution >= 4 is 31.9 Å². The Bertz CT molecular complexity index is 938. The van der Waals surface area contributed by atoms with Crippen molar-refractivity contribution in [1.82, 2.24) is 4.67 Å². The van der Waals surface area contributed by atoms with Crippen molar-refractivity contribution in [1.29, 1.82) is 0 Å². The second kappa shape index (κ2) is 14.7. The number of benzene rings is 2. The van der Waals surface area contributed by atoms with Gasteiger partial charge in [-0.25, -0.2) is 12.1 Å². The third kappa shape index (κ3) is 7.48. The van der Waals surface area contributed by atoms with Gasteiger partial charge in [0.15, 0.2) is 0 Å². The molecule has 0 amide bonds. The minimum atomic E-state index is -0.534. The van der Waals surface area contributed by atoms with Gasteiger partial charge in [0.05, 0.1) is 0 Å². The molecule has 0 aliphatic heterocycles. The second-order valence-corrected chi connectivity index (χ2v) is 12.8. The minimum absolute atomic E-state index is 0. The number of rotatable bonds is 8. The van der Waals surface area contributed by atoms with E-state index in [-0.39, 0.29) is 25.1 Å². The van der Waals surface area contributed by atoms with E-state index in [1.807, 2.05) is 30.3 Å². The van der Waals surface area contributed by atoms with Crippen molar-refractivity contribution in [2.45, 2.75) is 26.8 Å². The first kappa shape index (κ1) is 27.7. The van der Waals surface area contributed by atoms with Crippen molar-refractivity contribution in [3.63, 3.8) is 0 Å². The van der Waals surface area contributed by atoms with Crippen LogP contribution >= 0.6 is 16.0 Å². The largest absolute Gasteiger partial charge is 0.748 e. The average Bonchev–Trinajstić information content (AvgIpc) is 3.57. The topological polar surface area (TPSA) is 3.24 Å². The van der Waals surface area contributed by atoms with Crippen LogP contribution in [0.5, 0.6) is 0 Å². The molecule has 0 radical (unpaired) electrons. The van der Waals surface area contributed by atoms with Gasteiger partial charge in [-0.05, 0) is 52.0 Å². The first-order valence-corrected chi connectivity index (χ1v) is 14.5. The molecule has 0 aromatic heterocycles. The maximum atomic E-state index is 2.62. The van der Waals surface area contributed by atoms with Crippen molar-refractivity contribution in [3.8, 4) is 0 Å². The first-order valence-electron chi connectivity index (χ1n) is 11.5. The van der Waals surface area contributed by atoms with Gasteiger partial charge in [-0.2, -0.15) is 6.07 Å². The Morgan fingerprint density at radius 3 is 1.64 bits per heavy atom. The van der Waals surface area contributed by atoms with Crippen LogP contribution in [-0.4, -0.2) is 24.0 Å². The van der Waals surface area contributed by atoms with E-state index in [0.29, 0.717) is 6.04 Å². The molecule has 4 aromatic rings. The summed E-state index contributed by atoms with van der Waals surface area (Å²) in [6.07, 6.45) is 2.52. The molecule has 1 nitrogen and oxygen atoms in total. The average molecular weight is 515 g/mol. The van der Waals surface area contributed by atoms with E-state index < -0.39 is 7.92 Å². The zero-order valence-electron chi connectivity index (χ0n) is 20.1. The molecule has 0 aliphatic rings. The Hall–Kier alpha value is -1.52. The SMILES string of the molecule is CCP(CC)N(C)[C@H](C)[c-]1cccc1P(c1ccccc1)c1ccccc1.[Fe].[cH-]1[cH-][cH-][cH-][cH-]1. The summed E-state index contributed by atoms with van der Waals surface area (Å²) in [5.41, 5.74) is 1.49. The predicted octanol–water partition coefficient (Wildman–Crippen LogP) is 7.00. The molecule has 0 saturated heterocycles. The third-order valence-electron chi connectivity index (χ3n) is 5.84. The van der Waals surface area contributed by atoms with Crippen LogP contribution in [-0.2, 0) is 17.1 Å². The molecule has 0 N–H and O–H groups in total. The van der Waals surface area contributed by atoms with Gasteiger partial charge in [-0.15, -0.1) is 10.9 Å². The molecule has 0 fully saturated rings. The third-order valence-corrected chi connectivity index (χ3v) is 11.1. The second-order valence-electron chi connectivity index (χ2n) is 7.72. The van der Waals surface area contributed by atoms with Gasteiger partial charge in [0.2, 0.25) is 0 Å². The van der Waals surface area contributed by atoms with Gasteiger partial charge in [-0.3, -0.25) is 4.67 Å². The van der Waals surface area contributed by atoms with Gasteiger partial charge >= 0.3 is 0 Å². The Kier molecular flexibility index (Phi) is 12.3. The normalized spacial score (nSPS) is 11.7. The van der Waals surface area contributed by atoms with Crippen LogP contribution in [0.15, 0.2) is 109 Å². The van der Waals surface area contributed by atoms with E-state index in [1.165, 1.54) is 33.8 Å². The molecule has 0 aliphatic carbocycles. The van der Waals surface area contributed by atoms with Crippen LogP contribution in [0.3, 0.4) is 0 Å². The number of hydrogen-bond donors (Lipinski definition) is 0. The summed E-state index contributed by atoms with van der Waals surface area (Å²) in [5, 5.41) is 4.35. The van der Waals surface area contributed by atoms with Crippen molar-refractivity contribution in [2.75, 3.05) is 19.4 Å². The fourth-order valence-corrected chi connectivity index (χ4v) is 8.50. The quantitative estimate of drug-likeness (QED) is 0.139. The van der Waals surface area contributed by atoms with Crippen LogP contribution in [0.4, 0.5) is 0 Å². The Morgan fingerprint density at radius 1 is 0.758 bits per heavy atom. The molecule has 0 bridgehead atoms. The molecule has 0 spiro atoms. The van der Waals surface area contributed by atoms with Gasteiger partial charge < -0.3 is 30.3 Å². The van der Waals surface area contributed by atoms with E-state index in [9.17, 15) is 0 Å². The summed E-state index contributed by atoms with van der Waals surface area (Å²) >= 11 is 0. The van der Waals surface area contributed by atoms with E-state index in [4.69, 9.17) is 0 Å². The molecule has 0 saturated carbocycles. The smallest absolute Gasteiger partial charge is 0 e. The summed E-state index contributed by atoms with van der Waals surface area (Å²) in [5.74, 6) is 0. The number of nitrogens with zero attached hydrogens (tertiary/aromatic N) is 1. The molecule has 0 heterocycles. The van der Waals surface area contributed by atoms with Crippen LogP contribution in [0, 0.1) is 0 Å². The molecule has 4 rings (SSSR count). The van der Waals surface area contributed by atoms with Crippen LogP contribution in [0.1, 0.15) is 32.4 Å². The maximum absolute atomic E-state index is 2.62. The summed E-state index contributed by atoms with van der Waals surface area (Å²) in [6.45, 7) is 7.03. The van der Waals surface area contributed by atoms with E-state index in [0.717, 1.165) is 0 Å². The summed E-state index contributed by atoms with van der Waals surface area (Å²) in [7, 11) is 1.72. The molecule has 4 heteroatoms. The van der Waals surface area contributed by atoms with E-state index in [1.54, 1.807) is 0 Å². The molecular formula is C29H35FeNP2-6. The summed E-state index contributed by atoms with van der Waals surface area (Å²) < 4.78 is 2.62. The van der Waals surface area contributed by atoms with Crippen LogP contribution < -0.4 is 15.9 Å². The van der Waals surface area contributed by atoms with E-state index >= 15 is 0 Å². The first-order chi connectivity index (χ1) is 15.7.